The number of benzene rings is 4. The summed E-state index contributed by atoms with van der Waals surface area (Å²) in [5.74, 6) is 0.237. The van der Waals surface area contributed by atoms with Gasteiger partial charge in [-0.05, 0) is 42.0 Å². The SMILES string of the molecule is COC(=O)[C@@H](Cc1ccccc1)Oc1ccc(-n2c3ccccc3c3ccccc32)cc1. The number of carbonyl (C=O) groups excluding carboxylic acids is 1. The smallest absolute Gasteiger partial charge is 0.347 e. The molecule has 4 aromatic carbocycles. The summed E-state index contributed by atoms with van der Waals surface area (Å²) < 4.78 is 13.2. The van der Waals surface area contributed by atoms with Crippen molar-refractivity contribution in [1.82, 2.24) is 4.57 Å². The molecule has 0 N–H and O–H groups in total. The molecule has 4 heteroatoms. The van der Waals surface area contributed by atoms with Crippen molar-refractivity contribution in [2.75, 3.05) is 7.11 Å². The Kier molecular flexibility index (Phi) is 5.34. The molecule has 0 aliphatic heterocycles. The number of ether oxygens (including phenoxy) is 2. The molecule has 4 nitrogen and oxygen atoms in total. The zero-order valence-corrected chi connectivity index (χ0v) is 17.8. The van der Waals surface area contributed by atoms with Crippen LogP contribution < -0.4 is 4.74 Å². The van der Waals surface area contributed by atoms with Crippen molar-refractivity contribution in [3.8, 4) is 11.4 Å². The highest BCUT2D eigenvalue weighted by molar-refractivity contribution is 6.09. The van der Waals surface area contributed by atoms with E-state index in [2.05, 4.69) is 53.1 Å². The van der Waals surface area contributed by atoms with E-state index in [4.69, 9.17) is 9.47 Å². The molecule has 0 aliphatic carbocycles. The molecular weight excluding hydrogens is 398 g/mol. The van der Waals surface area contributed by atoms with Gasteiger partial charge < -0.3 is 14.0 Å². The van der Waals surface area contributed by atoms with Gasteiger partial charge in [0.15, 0.2) is 6.10 Å². The number of carbonyl (C=O) groups is 1. The highest BCUT2D eigenvalue weighted by Crippen LogP contribution is 2.32. The van der Waals surface area contributed by atoms with Gasteiger partial charge in [0.25, 0.3) is 0 Å². The standard InChI is InChI=1S/C28H23NO3/c1-31-28(30)27(19-20-9-3-2-4-10-20)32-22-17-15-21(16-18-22)29-25-13-7-5-11-23(25)24-12-6-8-14-26(24)29/h2-18,27H,19H2,1H3/t27-/m1/s1. The molecule has 0 saturated heterocycles. The summed E-state index contributed by atoms with van der Waals surface area (Å²) in [5.41, 5.74) is 4.36. The fraction of sp³-hybridized carbons (Fsp3) is 0.107. The van der Waals surface area contributed by atoms with Gasteiger partial charge in [-0.2, -0.15) is 0 Å². The van der Waals surface area contributed by atoms with Crippen LogP contribution in [0.5, 0.6) is 5.75 Å². The van der Waals surface area contributed by atoms with Gasteiger partial charge in [0.05, 0.1) is 18.1 Å². The number of fused-ring (bicyclic) bond motifs is 3. The van der Waals surface area contributed by atoms with Gasteiger partial charge >= 0.3 is 5.97 Å². The summed E-state index contributed by atoms with van der Waals surface area (Å²) in [5, 5.41) is 2.44. The van der Waals surface area contributed by atoms with Gasteiger partial charge in [-0.1, -0.05) is 66.7 Å². The third kappa shape index (κ3) is 3.71. The van der Waals surface area contributed by atoms with E-state index >= 15 is 0 Å². The van der Waals surface area contributed by atoms with Gasteiger partial charge in [-0.3, -0.25) is 0 Å². The number of hydrogen-bond donors (Lipinski definition) is 0. The van der Waals surface area contributed by atoms with Crippen LogP contribution in [0.4, 0.5) is 0 Å². The fourth-order valence-electron chi connectivity index (χ4n) is 4.17. The van der Waals surface area contributed by atoms with E-state index in [1.54, 1.807) is 0 Å². The maximum absolute atomic E-state index is 12.3. The molecule has 1 aromatic heterocycles. The molecule has 5 aromatic rings. The van der Waals surface area contributed by atoms with E-state index in [0.717, 1.165) is 22.3 Å². The fourth-order valence-corrected chi connectivity index (χ4v) is 4.17. The third-order valence-corrected chi connectivity index (χ3v) is 5.68. The molecule has 0 saturated carbocycles. The van der Waals surface area contributed by atoms with Crippen molar-refractivity contribution in [2.45, 2.75) is 12.5 Å². The monoisotopic (exact) mass is 421 g/mol. The van der Waals surface area contributed by atoms with Crippen molar-refractivity contribution >= 4 is 27.8 Å². The largest absolute Gasteiger partial charge is 0.478 e. The Morgan fingerprint density at radius 3 is 1.91 bits per heavy atom. The maximum Gasteiger partial charge on any atom is 0.347 e. The van der Waals surface area contributed by atoms with Crippen LogP contribution in [-0.4, -0.2) is 23.8 Å². The first-order valence-corrected chi connectivity index (χ1v) is 10.6. The van der Waals surface area contributed by atoms with E-state index in [9.17, 15) is 4.79 Å². The molecule has 1 heterocycles. The third-order valence-electron chi connectivity index (χ3n) is 5.68. The van der Waals surface area contributed by atoms with Crippen LogP contribution in [0, 0.1) is 0 Å². The van der Waals surface area contributed by atoms with Crippen LogP contribution in [0.1, 0.15) is 5.56 Å². The molecule has 0 amide bonds. The molecule has 0 unspecified atom stereocenters. The zero-order valence-electron chi connectivity index (χ0n) is 17.8. The quantitative estimate of drug-likeness (QED) is 0.318. The normalized spacial score (nSPS) is 12.0. The van der Waals surface area contributed by atoms with Gasteiger partial charge in [-0.25, -0.2) is 4.79 Å². The minimum absolute atomic E-state index is 0.389. The second-order valence-corrected chi connectivity index (χ2v) is 7.68. The number of methoxy groups -OCH3 is 1. The molecule has 0 fully saturated rings. The molecule has 0 radical (unpaired) electrons. The predicted molar refractivity (Wildman–Crippen MR) is 127 cm³/mol. The molecule has 0 spiro atoms. The number of hydrogen-bond acceptors (Lipinski definition) is 3. The van der Waals surface area contributed by atoms with E-state index in [1.807, 2.05) is 54.6 Å². The Balaban J connectivity index is 1.47. The lowest BCUT2D eigenvalue weighted by Crippen LogP contribution is -2.30. The first kappa shape index (κ1) is 19.9. The van der Waals surface area contributed by atoms with E-state index < -0.39 is 6.10 Å². The van der Waals surface area contributed by atoms with E-state index in [0.29, 0.717) is 12.2 Å². The zero-order chi connectivity index (χ0) is 21.9. The topological polar surface area (TPSA) is 40.5 Å². The minimum atomic E-state index is -0.707. The number of aromatic nitrogens is 1. The number of nitrogens with zero attached hydrogens (tertiary/aromatic N) is 1. The van der Waals surface area contributed by atoms with Crippen molar-refractivity contribution in [3.63, 3.8) is 0 Å². The Morgan fingerprint density at radius 2 is 1.31 bits per heavy atom. The summed E-state index contributed by atoms with van der Waals surface area (Å²) >= 11 is 0. The molecule has 5 rings (SSSR count). The Labute approximate surface area is 186 Å². The van der Waals surface area contributed by atoms with Gasteiger partial charge in [0.2, 0.25) is 0 Å². The van der Waals surface area contributed by atoms with Crippen LogP contribution in [0.2, 0.25) is 0 Å². The number of para-hydroxylation sites is 2. The van der Waals surface area contributed by atoms with E-state index in [1.165, 1.54) is 17.9 Å². The summed E-state index contributed by atoms with van der Waals surface area (Å²) in [6.07, 6.45) is -0.260. The highest BCUT2D eigenvalue weighted by atomic mass is 16.6. The summed E-state index contributed by atoms with van der Waals surface area (Å²) in [6, 6.07) is 34.4. The molecule has 0 bridgehead atoms. The van der Waals surface area contributed by atoms with Crippen LogP contribution in [0.3, 0.4) is 0 Å². The first-order valence-electron chi connectivity index (χ1n) is 10.6. The van der Waals surface area contributed by atoms with Crippen LogP contribution in [-0.2, 0) is 16.0 Å². The summed E-state index contributed by atoms with van der Waals surface area (Å²) in [6.45, 7) is 0. The second kappa shape index (κ2) is 8.60. The first-order chi connectivity index (χ1) is 15.7. The van der Waals surface area contributed by atoms with Gasteiger partial charge in [-0.15, -0.1) is 0 Å². The minimum Gasteiger partial charge on any atom is -0.478 e. The van der Waals surface area contributed by atoms with Gasteiger partial charge in [0.1, 0.15) is 5.75 Å². The molecule has 32 heavy (non-hydrogen) atoms. The Bertz CT molecular complexity index is 1320. The van der Waals surface area contributed by atoms with Crippen LogP contribution >= 0.6 is 0 Å². The highest BCUT2D eigenvalue weighted by Gasteiger charge is 2.22. The summed E-state index contributed by atoms with van der Waals surface area (Å²) in [4.78, 5) is 12.3. The molecule has 158 valence electrons. The molecular formula is C28H23NO3. The molecule has 1 atom stereocenters. The molecule has 0 aliphatic rings. The van der Waals surface area contributed by atoms with E-state index in [-0.39, 0.29) is 5.97 Å². The average molecular weight is 421 g/mol. The Hall–Kier alpha value is -4.05. The van der Waals surface area contributed by atoms with Crippen molar-refractivity contribution < 1.29 is 14.3 Å². The van der Waals surface area contributed by atoms with Crippen molar-refractivity contribution in [2.24, 2.45) is 0 Å². The van der Waals surface area contributed by atoms with Crippen LogP contribution in [0.25, 0.3) is 27.5 Å². The van der Waals surface area contributed by atoms with Crippen LogP contribution in [0.15, 0.2) is 103 Å². The maximum atomic E-state index is 12.3. The second-order valence-electron chi connectivity index (χ2n) is 7.68. The van der Waals surface area contributed by atoms with Gasteiger partial charge in [0, 0.05) is 22.9 Å². The average Bonchev–Trinajstić information content (AvgIpc) is 3.19. The predicted octanol–water partition coefficient (Wildman–Crippen LogP) is 5.95. The lowest BCUT2D eigenvalue weighted by Gasteiger charge is -2.17. The Morgan fingerprint density at radius 1 is 0.750 bits per heavy atom. The lowest BCUT2D eigenvalue weighted by molar-refractivity contribution is -0.148. The van der Waals surface area contributed by atoms with Crippen molar-refractivity contribution in [1.29, 1.82) is 0 Å². The number of esters is 1. The lowest BCUT2D eigenvalue weighted by atomic mass is 10.1. The van der Waals surface area contributed by atoms with Crippen molar-refractivity contribution in [3.05, 3.63) is 109 Å². The number of rotatable bonds is 6. The summed E-state index contributed by atoms with van der Waals surface area (Å²) in [7, 11) is 1.38.